The molecule has 0 aliphatic heterocycles. The van der Waals surface area contributed by atoms with Gasteiger partial charge in [0.1, 0.15) is 6.04 Å². The molecule has 1 amide bonds. The molecule has 0 radical (unpaired) electrons. The van der Waals surface area contributed by atoms with Gasteiger partial charge in [-0.05, 0) is 13.8 Å². The van der Waals surface area contributed by atoms with Crippen LogP contribution in [0, 0.1) is 6.92 Å². The summed E-state index contributed by atoms with van der Waals surface area (Å²) in [6.45, 7) is 3.28. The standard InChI is InChI=1S/C9H13N3O3/c1-5-7(4-10-12-5)8(13)11-6(2)9(14)15-3/h4,6H,1-3H3,(H,10,12)(H,11,13). The van der Waals surface area contributed by atoms with Gasteiger partial charge in [-0.25, -0.2) is 4.79 Å². The maximum atomic E-state index is 11.6. The van der Waals surface area contributed by atoms with Gasteiger partial charge in [0.15, 0.2) is 0 Å². The number of amides is 1. The van der Waals surface area contributed by atoms with E-state index in [2.05, 4.69) is 20.3 Å². The summed E-state index contributed by atoms with van der Waals surface area (Å²) >= 11 is 0. The van der Waals surface area contributed by atoms with Crippen LogP contribution < -0.4 is 5.32 Å². The van der Waals surface area contributed by atoms with E-state index in [9.17, 15) is 9.59 Å². The first-order valence-corrected chi connectivity index (χ1v) is 4.45. The molecule has 2 N–H and O–H groups in total. The Balaban J connectivity index is 2.64. The van der Waals surface area contributed by atoms with Gasteiger partial charge in [-0.3, -0.25) is 9.89 Å². The molecule has 1 atom stereocenters. The largest absolute Gasteiger partial charge is 0.467 e. The molecule has 1 aromatic heterocycles. The number of aromatic amines is 1. The fraction of sp³-hybridized carbons (Fsp3) is 0.444. The predicted octanol–water partition coefficient (Wildman–Crippen LogP) is 0.00942. The SMILES string of the molecule is COC(=O)C(C)NC(=O)c1cn[nH]c1C. The van der Waals surface area contributed by atoms with Crippen molar-refractivity contribution in [1.82, 2.24) is 15.5 Å². The molecule has 6 heteroatoms. The van der Waals surface area contributed by atoms with E-state index in [0.29, 0.717) is 11.3 Å². The molecule has 1 heterocycles. The van der Waals surface area contributed by atoms with Crippen molar-refractivity contribution in [3.05, 3.63) is 17.5 Å². The molecular formula is C9H13N3O3. The van der Waals surface area contributed by atoms with Crippen LogP contribution in [0.4, 0.5) is 0 Å². The summed E-state index contributed by atoms with van der Waals surface area (Å²) in [5.74, 6) is -0.830. The lowest BCUT2D eigenvalue weighted by molar-refractivity contribution is -0.142. The van der Waals surface area contributed by atoms with Crippen molar-refractivity contribution in [3.63, 3.8) is 0 Å². The number of carbonyl (C=O) groups excluding carboxylic acids is 2. The first-order chi connectivity index (χ1) is 7.06. The Bertz CT molecular complexity index is 372. The Kier molecular flexibility index (Phi) is 3.43. The molecular weight excluding hydrogens is 198 g/mol. The van der Waals surface area contributed by atoms with Crippen molar-refractivity contribution in [2.24, 2.45) is 0 Å². The number of aromatic nitrogens is 2. The second kappa shape index (κ2) is 4.59. The van der Waals surface area contributed by atoms with Crippen LogP contribution in [0.5, 0.6) is 0 Å². The lowest BCUT2D eigenvalue weighted by Gasteiger charge is -2.10. The average molecular weight is 211 g/mol. The van der Waals surface area contributed by atoms with Gasteiger partial charge in [0.25, 0.3) is 5.91 Å². The molecule has 1 unspecified atom stereocenters. The summed E-state index contributed by atoms with van der Waals surface area (Å²) in [4.78, 5) is 22.6. The molecule has 0 aromatic carbocycles. The van der Waals surface area contributed by atoms with E-state index < -0.39 is 12.0 Å². The summed E-state index contributed by atoms with van der Waals surface area (Å²) in [5, 5.41) is 8.85. The van der Waals surface area contributed by atoms with Crippen LogP contribution in [0.25, 0.3) is 0 Å². The van der Waals surface area contributed by atoms with Gasteiger partial charge >= 0.3 is 5.97 Å². The Hall–Kier alpha value is -1.85. The molecule has 0 fully saturated rings. The molecule has 15 heavy (non-hydrogen) atoms. The van der Waals surface area contributed by atoms with E-state index in [-0.39, 0.29) is 5.91 Å². The minimum absolute atomic E-state index is 0.348. The van der Waals surface area contributed by atoms with E-state index in [1.807, 2.05) is 0 Å². The zero-order valence-corrected chi connectivity index (χ0v) is 8.83. The predicted molar refractivity (Wildman–Crippen MR) is 52.3 cm³/mol. The molecule has 0 saturated heterocycles. The van der Waals surface area contributed by atoms with Crippen molar-refractivity contribution in [3.8, 4) is 0 Å². The number of nitrogens with zero attached hydrogens (tertiary/aromatic N) is 1. The van der Waals surface area contributed by atoms with Gasteiger partial charge in [-0.1, -0.05) is 0 Å². The maximum Gasteiger partial charge on any atom is 0.328 e. The summed E-state index contributed by atoms with van der Waals surface area (Å²) in [5.41, 5.74) is 1.08. The Morgan fingerprint density at radius 1 is 1.60 bits per heavy atom. The van der Waals surface area contributed by atoms with E-state index in [1.54, 1.807) is 13.8 Å². The Labute approximate surface area is 87.0 Å². The van der Waals surface area contributed by atoms with Crippen LogP contribution in [0.3, 0.4) is 0 Å². The number of methoxy groups -OCH3 is 1. The van der Waals surface area contributed by atoms with E-state index >= 15 is 0 Å². The van der Waals surface area contributed by atoms with Crippen LogP contribution in [0.2, 0.25) is 0 Å². The van der Waals surface area contributed by atoms with Gasteiger partial charge in [-0.15, -0.1) is 0 Å². The third-order valence-corrected chi connectivity index (χ3v) is 1.98. The molecule has 0 saturated carbocycles. The summed E-state index contributed by atoms with van der Waals surface area (Å²) in [6.07, 6.45) is 1.41. The van der Waals surface area contributed by atoms with Crippen molar-refractivity contribution in [1.29, 1.82) is 0 Å². The highest BCUT2D eigenvalue weighted by Gasteiger charge is 2.18. The third kappa shape index (κ3) is 2.55. The minimum atomic E-state index is -0.670. The molecule has 0 bridgehead atoms. The summed E-state index contributed by atoms with van der Waals surface area (Å²) in [7, 11) is 1.27. The highest BCUT2D eigenvalue weighted by molar-refractivity contribution is 5.97. The van der Waals surface area contributed by atoms with Crippen molar-refractivity contribution < 1.29 is 14.3 Å². The van der Waals surface area contributed by atoms with E-state index in [4.69, 9.17) is 0 Å². The fourth-order valence-corrected chi connectivity index (χ4v) is 1.09. The number of esters is 1. The minimum Gasteiger partial charge on any atom is -0.467 e. The van der Waals surface area contributed by atoms with E-state index in [1.165, 1.54) is 13.3 Å². The third-order valence-electron chi connectivity index (χ3n) is 1.98. The number of rotatable bonds is 3. The second-order valence-electron chi connectivity index (χ2n) is 3.13. The first kappa shape index (κ1) is 11.2. The van der Waals surface area contributed by atoms with Gasteiger partial charge < -0.3 is 10.1 Å². The normalized spacial score (nSPS) is 11.9. The smallest absolute Gasteiger partial charge is 0.328 e. The highest BCUT2D eigenvalue weighted by atomic mass is 16.5. The van der Waals surface area contributed by atoms with Crippen LogP contribution >= 0.6 is 0 Å². The number of aryl methyl sites for hydroxylation is 1. The topological polar surface area (TPSA) is 84.1 Å². The number of carbonyl (C=O) groups is 2. The first-order valence-electron chi connectivity index (χ1n) is 4.45. The lowest BCUT2D eigenvalue weighted by Crippen LogP contribution is -2.39. The van der Waals surface area contributed by atoms with Gasteiger partial charge in [0, 0.05) is 5.69 Å². The van der Waals surface area contributed by atoms with Gasteiger partial charge in [0.2, 0.25) is 0 Å². The zero-order chi connectivity index (χ0) is 11.4. The number of hydrogen-bond acceptors (Lipinski definition) is 4. The number of nitrogens with one attached hydrogen (secondary N) is 2. The van der Waals surface area contributed by atoms with Gasteiger partial charge in [0.05, 0.1) is 18.9 Å². The summed E-state index contributed by atoms with van der Waals surface area (Å²) in [6, 6.07) is -0.670. The van der Waals surface area contributed by atoms with Gasteiger partial charge in [-0.2, -0.15) is 5.10 Å². The monoisotopic (exact) mass is 211 g/mol. The van der Waals surface area contributed by atoms with E-state index in [0.717, 1.165) is 0 Å². The summed E-state index contributed by atoms with van der Waals surface area (Å²) < 4.78 is 4.48. The number of hydrogen-bond donors (Lipinski definition) is 2. The molecule has 0 aliphatic carbocycles. The highest BCUT2D eigenvalue weighted by Crippen LogP contribution is 2.02. The Morgan fingerprint density at radius 2 is 2.27 bits per heavy atom. The van der Waals surface area contributed by atoms with Crippen LogP contribution in [-0.4, -0.2) is 35.2 Å². The Morgan fingerprint density at radius 3 is 2.73 bits per heavy atom. The molecule has 0 spiro atoms. The lowest BCUT2D eigenvalue weighted by atomic mass is 10.2. The second-order valence-corrected chi connectivity index (χ2v) is 3.13. The zero-order valence-electron chi connectivity index (χ0n) is 8.83. The molecule has 1 aromatic rings. The van der Waals surface area contributed by atoms with Crippen molar-refractivity contribution >= 4 is 11.9 Å². The maximum absolute atomic E-state index is 11.6. The number of H-pyrrole nitrogens is 1. The average Bonchev–Trinajstić information content (AvgIpc) is 2.63. The van der Waals surface area contributed by atoms with Crippen LogP contribution in [0.1, 0.15) is 23.0 Å². The molecule has 6 nitrogen and oxygen atoms in total. The van der Waals surface area contributed by atoms with Crippen LogP contribution in [-0.2, 0) is 9.53 Å². The number of ether oxygens (including phenoxy) is 1. The fourth-order valence-electron chi connectivity index (χ4n) is 1.09. The van der Waals surface area contributed by atoms with Crippen LogP contribution in [0.15, 0.2) is 6.20 Å². The van der Waals surface area contributed by atoms with Crippen molar-refractivity contribution in [2.75, 3.05) is 7.11 Å². The molecule has 1 rings (SSSR count). The quantitative estimate of drug-likeness (QED) is 0.690. The molecule has 0 aliphatic rings. The van der Waals surface area contributed by atoms with Crippen molar-refractivity contribution in [2.45, 2.75) is 19.9 Å². The molecule has 82 valence electrons.